The average Bonchev–Trinajstić information content (AvgIpc) is 2.68. The lowest BCUT2D eigenvalue weighted by Gasteiger charge is -2.66. The Morgan fingerprint density at radius 3 is 2.40 bits per heavy atom. The van der Waals surface area contributed by atoms with Gasteiger partial charge in [0.1, 0.15) is 0 Å². The van der Waals surface area contributed by atoms with Gasteiger partial charge in [-0.2, -0.15) is 0 Å². The Morgan fingerprint density at radius 2 is 1.76 bits per heavy atom. The molecule has 0 heterocycles. The van der Waals surface area contributed by atoms with Crippen molar-refractivity contribution >= 4 is 5.78 Å². The molecule has 0 aromatic rings. The van der Waals surface area contributed by atoms with Crippen LogP contribution in [0.5, 0.6) is 0 Å². The fourth-order valence-corrected chi connectivity index (χ4v) is 7.35. The maximum atomic E-state index is 13.2. The molecule has 2 bridgehead atoms. The third-order valence-corrected chi connectivity index (χ3v) is 8.55. The Balaban J connectivity index is 1.94. The molecule has 5 heteroatoms. The van der Waals surface area contributed by atoms with Crippen molar-refractivity contribution in [1.82, 2.24) is 0 Å². The molecule has 0 aromatic heterocycles. The van der Waals surface area contributed by atoms with Gasteiger partial charge in [0.15, 0.2) is 5.78 Å². The van der Waals surface area contributed by atoms with Crippen molar-refractivity contribution in [3.8, 4) is 0 Å². The van der Waals surface area contributed by atoms with Crippen LogP contribution < -0.4 is 0 Å². The summed E-state index contributed by atoms with van der Waals surface area (Å²) in [5, 5.41) is 43.7. The minimum atomic E-state index is -1.31. The first-order chi connectivity index (χ1) is 11.7. The quantitative estimate of drug-likeness (QED) is 0.530. The Labute approximate surface area is 148 Å². The number of aliphatic hydroxyl groups excluding tert-OH is 4. The second-order valence-corrected chi connectivity index (χ2v) is 9.59. The molecule has 25 heavy (non-hydrogen) atoms. The number of Topliss-reactive ketones (excluding diaryl/α,β-unsaturated/α-hetero) is 1. The van der Waals surface area contributed by atoms with E-state index in [2.05, 4.69) is 20.4 Å². The zero-order chi connectivity index (χ0) is 18.4. The van der Waals surface area contributed by atoms with Gasteiger partial charge in [-0.05, 0) is 54.9 Å². The van der Waals surface area contributed by atoms with Gasteiger partial charge in [0.25, 0.3) is 0 Å². The maximum Gasteiger partial charge on any atom is 0.170 e. The van der Waals surface area contributed by atoms with E-state index < -0.39 is 35.1 Å². The zero-order valence-electron chi connectivity index (χ0n) is 15.1. The molecule has 8 atom stereocenters. The maximum absolute atomic E-state index is 13.2. The number of ketones is 1. The van der Waals surface area contributed by atoms with Crippen LogP contribution in [0.2, 0.25) is 0 Å². The molecular formula is C20H30O5. The van der Waals surface area contributed by atoms with Gasteiger partial charge >= 0.3 is 0 Å². The van der Waals surface area contributed by atoms with Crippen molar-refractivity contribution in [2.75, 3.05) is 6.61 Å². The summed E-state index contributed by atoms with van der Waals surface area (Å²) in [5.41, 5.74) is -1.91. The molecule has 4 fully saturated rings. The number of fused-ring (bicyclic) bond motifs is 3. The molecule has 0 saturated heterocycles. The SMILES string of the molecule is C=C1C(=O)[C@]23C(O)[C@@H]1CC[C@H]2[C@@]1(CO)[C@H](C[C@H]3O)C(C)(C)CC[C@@H]1O. The van der Waals surface area contributed by atoms with E-state index in [1.54, 1.807) is 0 Å². The summed E-state index contributed by atoms with van der Waals surface area (Å²) >= 11 is 0. The minimum absolute atomic E-state index is 0.0928. The molecule has 4 N–H and O–H groups in total. The van der Waals surface area contributed by atoms with Crippen LogP contribution in [0.1, 0.15) is 46.0 Å². The van der Waals surface area contributed by atoms with Gasteiger partial charge in [0.05, 0.1) is 30.3 Å². The Hall–Kier alpha value is -0.750. The first-order valence-electron chi connectivity index (χ1n) is 9.54. The third-order valence-electron chi connectivity index (χ3n) is 8.55. The summed E-state index contributed by atoms with van der Waals surface area (Å²) in [6.07, 6.45) is 0.291. The van der Waals surface area contributed by atoms with E-state index in [0.717, 1.165) is 6.42 Å². The summed E-state index contributed by atoms with van der Waals surface area (Å²) < 4.78 is 0. The summed E-state index contributed by atoms with van der Waals surface area (Å²) in [5.74, 6) is -1.07. The predicted octanol–water partition coefficient (Wildman–Crippen LogP) is 1.04. The highest BCUT2D eigenvalue weighted by atomic mass is 16.3. The summed E-state index contributed by atoms with van der Waals surface area (Å²) in [7, 11) is 0. The minimum Gasteiger partial charge on any atom is -0.396 e. The molecule has 5 nitrogen and oxygen atoms in total. The number of hydrogen-bond acceptors (Lipinski definition) is 5. The summed E-state index contributed by atoms with van der Waals surface area (Å²) in [6.45, 7) is 7.92. The van der Waals surface area contributed by atoms with Crippen molar-refractivity contribution < 1.29 is 25.2 Å². The van der Waals surface area contributed by atoms with Gasteiger partial charge in [-0.15, -0.1) is 0 Å². The average molecular weight is 350 g/mol. The first-order valence-corrected chi connectivity index (χ1v) is 9.54. The van der Waals surface area contributed by atoms with Crippen LogP contribution in [0, 0.1) is 34.0 Å². The summed E-state index contributed by atoms with van der Waals surface area (Å²) in [4.78, 5) is 13.2. The topological polar surface area (TPSA) is 98.0 Å². The molecular weight excluding hydrogens is 320 g/mol. The smallest absolute Gasteiger partial charge is 0.170 e. The van der Waals surface area contributed by atoms with Crippen LogP contribution in [-0.2, 0) is 4.79 Å². The van der Waals surface area contributed by atoms with Crippen LogP contribution >= 0.6 is 0 Å². The Kier molecular flexibility index (Phi) is 3.64. The van der Waals surface area contributed by atoms with Crippen LogP contribution in [0.15, 0.2) is 12.2 Å². The fourth-order valence-electron chi connectivity index (χ4n) is 7.35. The van der Waals surface area contributed by atoms with Gasteiger partial charge in [-0.1, -0.05) is 20.4 Å². The van der Waals surface area contributed by atoms with Gasteiger partial charge in [0, 0.05) is 11.3 Å². The standard InChI is InChI=1S/C20H30O5/c1-10-11-4-5-12-19(9-21)13(18(2,3)7-6-14(19)22)8-15(23)20(12,16(10)24)17(11)25/h11-15,17,21-23,25H,1,4-9H2,2-3H3/t11-,12+,13-,14+,15-,17?,19+,20+/m1/s1. The fraction of sp³-hybridized carbons (Fsp3) is 0.850. The van der Waals surface area contributed by atoms with E-state index in [1.165, 1.54) is 0 Å². The normalized spacial score (nSPS) is 54.2. The van der Waals surface area contributed by atoms with E-state index >= 15 is 0 Å². The second-order valence-electron chi connectivity index (χ2n) is 9.59. The molecule has 4 aliphatic carbocycles. The van der Waals surface area contributed by atoms with Crippen LogP contribution in [0.4, 0.5) is 0 Å². The number of rotatable bonds is 1. The predicted molar refractivity (Wildman–Crippen MR) is 91.5 cm³/mol. The number of carbonyl (C=O) groups excluding carboxylic acids is 1. The van der Waals surface area contributed by atoms with E-state index in [-0.39, 0.29) is 29.6 Å². The van der Waals surface area contributed by atoms with E-state index in [4.69, 9.17) is 0 Å². The molecule has 0 amide bonds. The van der Waals surface area contributed by atoms with E-state index in [9.17, 15) is 25.2 Å². The van der Waals surface area contributed by atoms with Crippen molar-refractivity contribution in [1.29, 1.82) is 0 Å². The lowest BCUT2D eigenvalue weighted by molar-refractivity contribution is -0.267. The monoisotopic (exact) mass is 350 g/mol. The third kappa shape index (κ3) is 1.76. The van der Waals surface area contributed by atoms with Gasteiger partial charge in [0.2, 0.25) is 0 Å². The van der Waals surface area contributed by atoms with Crippen molar-refractivity contribution in [3.63, 3.8) is 0 Å². The highest BCUT2D eigenvalue weighted by molar-refractivity contribution is 6.04. The zero-order valence-corrected chi connectivity index (χ0v) is 15.1. The summed E-state index contributed by atoms with van der Waals surface area (Å²) in [6, 6.07) is 0. The second kappa shape index (κ2) is 5.16. The molecule has 4 aliphatic rings. The van der Waals surface area contributed by atoms with Crippen LogP contribution in [0.25, 0.3) is 0 Å². The van der Waals surface area contributed by atoms with Crippen LogP contribution in [0.3, 0.4) is 0 Å². The van der Waals surface area contributed by atoms with Gasteiger partial charge < -0.3 is 20.4 Å². The largest absolute Gasteiger partial charge is 0.396 e. The Bertz CT molecular complexity index is 628. The van der Waals surface area contributed by atoms with Crippen molar-refractivity contribution in [3.05, 3.63) is 12.2 Å². The van der Waals surface area contributed by atoms with Gasteiger partial charge in [-0.3, -0.25) is 4.79 Å². The molecule has 0 radical (unpaired) electrons. The van der Waals surface area contributed by atoms with Crippen molar-refractivity contribution in [2.45, 2.75) is 64.3 Å². The Morgan fingerprint density at radius 1 is 1.08 bits per heavy atom. The highest BCUT2D eigenvalue weighted by Gasteiger charge is 2.76. The van der Waals surface area contributed by atoms with Crippen LogP contribution in [-0.4, -0.2) is 51.1 Å². The molecule has 0 aromatic carbocycles. The molecule has 4 saturated carbocycles. The molecule has 4 rings (SSSR count). The number of hydrogen-bond donors (Lipinski definition) is 4. The number of aliphatic hydroxyl groups is 4. The molecule has 1 unspecified atom stereocenters. The van der Waals surface area contributed by atoms with Gasteiger partial charge in [-0.25, -0.2) is 0 Å². The van der Waals surface area contributed by atoms with E-state index in [1.807, 2.05) is 0 Å². The molecule has 1 spiro atoms. The van der Waals surface area contributed by atoms with Crippen molar-refractivity contribution in [2.24, 2.45) is 34.0 Å². The van der Waals surface area contributed by atoms with E-state index in [0.29, 0.717) is 31.3 Å². The molecule has 140 valence electrons. The number of carbonyl (C=O) groups is 1. The highest BCUT2D eigenvalue weighted by Crippen LogP contribution is 2.70. The first kappa shape index (κ1) is 17.7. The lowest BCUT2D eigenvalue weighted by atomic mass is 9.38. The lowest BCUT2D eigenvalue weighted by Crippen LogP contribution is -2.71. The molecule has 0 aliphatic heterocycles.